The van der Waals surface area contributed by atoms with Crippen molar-refractivity contribution in [1.29, 1.82) is 5.26 Å². The zero-order chi connectivity index (χ0) is 20.3. The van der Waals surface area contributed by atoms with Crippen LogP contribution in [0.2, 0.25) is 0 Å². The molecule has 2 atom stereocenters. The molecule has 1 aromatic carbocycles. The van der Waals surface area contributed by atoms with Gasteiger partial charge in [-0.15, -0.1) is 11.8 Å². The first kappa shape index (κ1) is 19.8. The molecule has 0 radical (unpaired) electrons. The Labute approximate surface area is 168 Å². The smallest absolute Gasteiger partial charge is 0.254 e. The Kier molecular flexibility index (Phi) is 5.90. The third-order valence-electron chi connectivity index (χ3n) is 4.59. The number of allylic oxidation sites excluding steroid dienone is 1. The third-order valence-corrected chi connectivity index (χ3v) is 5.36. The van der Waals surface area contributed by atoms with E-state index in [1.165, 1.54) is 11.8 Å². The molecule has 2 aromatic rings. The lowest BCUT2D eigenvalue weighted by atomic mass is 9.81. The zero-order valence-corrected chi connectivity index (χ0v) is 17.0. The predicted molar refractivity (Wildman–Crippen MR) is 111 cm³/mol. The number of hydrogen-bond donors (Lipinski definition) is 1. The molecular weight excluding hydrogens is 374 g/mol. The van der Waals surface area contributed by atoms with Crippen LogP contribution < -0.4 is 10.1 Å². The van der Waals surface area contributed by atoms with Gasteiger partial charge in [0.05, 0.1) is 35.4 Å². The lowest BCUT2D eigenvalue weighted by Gasteiger charge is -2.28. The van der Waals surface area contributed by atoms with Gasteiger partial charge in [0.1, 0.15) is 23.2 Å². The Morgan fingerprint density at radius 1 is 1.29 bits per heavy atom. The van der Waals surface area contributed by atoms with E-state index in [1.54, 1.807) is 26.2 Å². The normalized spacial score (nSPS) is 19.0. The van der Waals surface area contributed by atoms with Crippen LogP contribution in [0.5, 0.6) is 5.75 Å². The molecule has 1 aromatic heterocycles. The van der Waals surface area contributed by atoms with Gasteiger partial charge in [0.25, 0.3) is 5.91 Å². The Morgan fingerprint density at radius 2 is 2.04 bits per heavy atom. The number of aryl methyl sites for hydroxylation is 1. The number of para-hydroxylation sites is 2. The zero-order valence-electron chi connectivity index (χ0n) is 16.1. The average Bonchev–Trinajstić information content (AvgIpc) is 3.13. The number of nitriles is 1. The molecule has 144 valence electrons. The van der Waals surface area contributed by atoms with E-state index < -0.39 is 11.8 Å². The van der Waals surface area contributed by atoms with Crippen molar-refractivity contribution < 1.29 is 13.9 Å². The molecule has 1 N–H and O–H groups in total. The molecule has 1 unspecified atom stereocenters. The van der Waals surface area contributed by atoms with Crippen molar-refractivity contribution in [3.8, 4) is 11.8 Å². The SMILES string of the molecule is COc1ccccc1NC(=O)C1=C(C)N=C(SC)C(C#N)[C@H]1c1ccc(C)o1. The summed E-state index contributed by atoms with van der Waals surface area (Å²) in [4.78, 5) is 17.8. The van der Waals surface area contributed by atoms with E-state index in [1.807, 2.05) is 37.4 Å². The Balaban J connectivity index is 2.07. The van der Waals surface area contributed by atoms with Crippen molar-refractivity contribution >= 4 is 28.4 Å². The standard InChI is InChI=1S/C21H21N3O3S/c1-12-9-10-17(27-12)19-14(11-22)21(28-4)23-13(2)18(19)20(25)24-15-7-5-6-8-16(15)26-3/h5-10,14,19H,1-4H3,(H,24,25)/t14?,19-/m0/s1. The number of aliphatic imine (C=N–C) groups is 1. The molecule has 7 heteroatoms. The average molecular weight is 395 g/mol. The van der Waals surface area contributed by atoms with Crippen molar-refractivity contribution in [2.24, 2.45) is 10.9 Å². The van der Waals surface area contributed by atoms with Gasteiger partial charge in [-0.3, -0.25) is 4.79 Å². The first-order valence-electron chi connectivity index (χ1n) is 8.73. The minimum Gasteiger partial charge on any atom is -0.495 e. The number of furan rings is 1. The summed E-state index contributed by atoms with van der Waals surface area (Å²) in [6, 6.07) is 13.1. The second-order valence-corrected chi connectivity index (χ2v) is 7.17. The molecule has 1 aliphatic heterocycles. The van der Waals surface area contributed by atoms with Gasteiger partial charge < -0.3 is 14.5 Å². The van der Waals surface area contributed by atoms with E-state index in [-0.39, 0.29) is 5.91 Å². The highest BCUT2D eigenvalue weighted by Crippen LogP contribution is 2.41. The van der Waals surface area contributed by atoms with Crippen molar-refractivity contribution in [3.05, 3.63) is 59.2 Å². The van der Waals surface area contributed by atoms with Crippen molar-refractivity contribution in [3.63, 3.8) is 0 Å². The second kappa shape index (κ2) is 8.36. The fraction of sp³-hybridized carbons (Fsp3) is 0.286. The molecule has 0 spiro atoms. The maximum atomic E-state index is 13.2. The molecule has 6 nitrogen and oxygen atoms in total. The van der Waals surface area contributed by atoms with Crippen molar-refractivity contribution in [2.45, 2.75) is 19.8 Å². The van der Waals surface area contributed by atoms with E-state index in [2.05, 4.69) is 16.4 Å². The predicted octanol–water partition coefficient (Wildman–Crippen LogP) is 4.51. The van der Waals surface area contributed by atoms with Gasteiger partial charge in [-0.05, 0) is 44.4 Å². The van der Waals surface area contributed by atoms with Crippen molar-refractivity contribution in [2.75, 3.05) is 18.7 Å². The summed E-state index contributed by atoms with van der Waals surface area (Å²) in [5.74, 6) is 0.402. The number of methoxy groups -OCH3 is 1. The molecule has 3 rings (SSSR count). The molecular formula is C21H21N3O3S. The van der Waals surface area contributed by atoms with Gasteiger partial charge >= 0.3 is 0 Å². The number of hydrogen-bond acceptors (Lipinski definition) is 6. The van der Waals surface area contributed by atoms with Gasteiger partial charge in [0, 0.05) is 5.70 Å². The Hall–Kier alpha value is -2.98. The number of benzene rings is 1. The monoisotopic (exact) mass is 395 g/mol. The number of anilines is 1. The summed E-state index contributed by atoms with van der Waals surface area (Å²) in [6.45, 7) is 3.62. The minimum absolute atomic E-state index is 0.329. The van der Waals surface area contributed by atoms with Crippen LogP contribution in [0.1, 0.15) is 24.4 Å². The molecule has 2 heterocycles. The van der Waals surface area contributed by atoms with Crippen LogP contribution in [0.4, 0.5) is 5.69 Å². The summed E-state index contributed by atoms with van der Waals surface area (Å²) in [5.41, 5.74) is 1.55. The van der Waals surface area contributed by atoms with Crippen LogP contribution in [0, 0.1) is 24.2 Å². The summed E-state index contributed by atoms with van der Waals surface area (Å²) in [6.07, 6.45) is 1.88. The van der Waals surface area contributed by atoms with E-state index in [9.17, 15) is 10.1 Å². The third kappa shape index (κ3) is 3.69. The van der Waals surface area contributed by atoms with E-state index in [0.29, 0.717) is 33.5 Å². The molecule has 0 bridgehead atoms. The number of carbonyl (C=O) groups excluding carboxylic acids is 1. The molecule has 0 saturated carbocycles. The molecule has 0 saturated heterocycles. The number of nitrogens with zero attached hydrogens (tertiary/aromatic N) is 2. The van der Waals surface area contributed by atoms with E-state index >= 15 is 0 Å². The number of ether oxygens (including phenoxy) is 1. The highest BCUT2D eigenvalue weighted by Gasteiger charge is 2.40. The Morgan fingerprint density at radius 3 is 2.64 bits per heavy atom. The van der Waals surface area contributed by atoms with E-state index in [4.69, 9.17) is 9.15 Å². The molecule has 0 fully saturated rings. The molecule has 28 heavy (non-hydrogen) atoms. The fourth-order valence-corrected chi connectivity index (χ4v) is 3.97. The van der Waals surface area contributed by atoms with Crippen LogP contribution in [0.25, 0.3) is 0 Å². The highest BCUT2D eigenvalue weighted by atomic mass is 32.2. The molecule has 0 aliphatic carbocycles. The van der Waals surface area contributed by atoms with Gasteiger partial charge in [0.2, 0.25) is 0 Å². The van der Waals surface area contributed by atoms with Crippen LogP contribution in [0.3, 0.4) is 0 Å². The lowest BCUT2D eigenvalue weighted by molar-refractivity contribution is -0.113. The van der Waals surface area contributed by atoms with Crippen LogP contribution in [0.15, 0.2) is 57.1 Å². The first-order valence-corrected chi connectivity index (χ1v) is 9.96. The van der Waals surface area contributed by atoms with Gasteiger partial charge in [0.15, 0.2) is 0 Å². The first-order chi connectivity index (χ1) is 13.5. The highest BCUT2D eigenvalue weighted by molar-refractivity contribution is 8.13. The lowest BCUT2D eigenvalue weighted by Crippen LogP contribution is -2.31. The summed E-state index contributed by atoms with van der Waals surface area (Å²) < 4.78 is 11.1. The van der Waals surface area contributed by atoms with E-state index in [0.717, 1.165) is 5.76 Å². The minimum atomic E-state index is -0.595. The number of rotatable bonds is 4. The summed E-state index contributed by atoms with van der Waals surface area (Å²) in [7, 11) is 1.55. The van der Waals surface area contributed by atoms with Crippen molar-refractivity contribution in [1.82, 2.24) is 0 Å². The summed E-state index contributed by atoms with van der Waals surface area (Å²) >= 11 is 1.41. The largest absolute Gasteiger partial charge is 0.495 e. The van der Waals surface area contributed by atoms with Gasteiger partial charge in [-0.1, -0.05) is 12.1 Å². The number of amides is 1. The quantitative estimate of drug-likeness (QED) is 0.823. The maximum Gasteiger partial charge on any atom is 0.254 e. The fourth-order valence-electron chi connectivity index (χ4n) is 3.30. The Bertz CT molecular complexity index is 1000. The van der Waals surface area contributed by atoms with Crippen LogP contribution >= 0.6 is 11.8 Å². The second-order valence-electron chi connectivity index (χ2n) is 6.34. The van der Waals surface area contributed by atoms with Crippen LogP contribution in [-0.4, -0.2) is 24.3 Å². The van der Waals surface area contributed by atoms with Gasteiger partial charge in [-0.25, -0.2) is 4.99 Å². The topological polar surface area (TPSA) is 87.6 Å². The number of thioether (sulfide) groups is 1. The number of carbonyl (C=O) groups is 1. The van der Waals surface area contributed by atoms with Gasteiger partial charge in [-0.2, -0.15) is 5.26 Å². The maximum absolute atomic E-state index is 13.2. The number of nitrogens with one attached hydrogen (secondary N) is 1. The molecule has 1 amide bonds. The van der Waals surface area contributed by atoms with Crippen LogP contribution in [-0.2, 0) is 4.79 Å². The summed E-state index contributed by atoms with van der Waals surface area (Å²) in [5, 5.41) is 13.4. The molecule has 1 aliphatic rings.